The van der Waals surface area contributed by atoms with E-state index in [2.05, 4.69) is 10.3 Å². The Kier molecular flexibility index (Phi) is 3.84. The van der Waals surface area contributed by atoms with Crippen LogP contribution in [0.15, 0.2) is 4.99 Å². The highest BCUT2D eigenvalue weighted by molar-refractivity contribution is 5.78. The first kappa shape index (κ1) is 12.6. The lowest BCUT2D eigenvalue weighted by Crippen LogP contribution is -2.44. The Hall–Kier alpha value is -0.870. The molecule has 0 spiro atoms. The molecule has 0 aromatic rings. The molecular formula is C12H21F2N3. The van der Waals surface area contributed by atoms with Crippen molar-refractivity contribution in [2.45, 2.75) is 56.9 Å². The third-order valence-corrected chi connectivity index (χ3v) is 3.85. The fourth-order valence-corrected chi connectivity index (χ4v) is 2.41. The van der Waals surface area contributed by atoms with Gasteiger partial charge in [-0.25, -0.2) is 8.78 Å². The Morgan fingerprint density at radius 2 is 2.00 bits per heavy atom. The summed E-state index contributed by atoms with van der Waals surface area (Å²) in [6.45, 7) is 0.151. The Morgan fingerprint density at radius 3 is 2.59 bits per heavy atom. The minimum absolute atomic E-state index is 0.00312. The number of nitrogens with zero attached hydrogens (tertiary/aromatic N) is 1. The fraction of sp³-hybridized carbons (Fsp3) is 0.917. The maximum absolute atomic E-state index is 13.5. The maximum atomic E-state index is 13.5. The monoisotopic (exact) mass is 245 g/mol. The van der Waals surface area contributed by atoms with Gasteiger partial charge in [0.1, 0.15) is 0 Å². The van der Waals surface area contributed by atoms with Gasteiger partial charge in [0.15, 0.2) is 5.96 Å². The summed E-state index contributed by atoms with van der Waals surface area (Å²) in [5, 5.41) is 3.07. The lowest BCUT2D eigenvalue weighted by Gasteiger charge is -2.30. The number of aliphatic imine (C=N–C) groups is 1. The van der Waals surface area contributed by atoms with Crippen LogP contribution in [0.5, 0.6) is 0 Å². The third-order valence-electron chi connectivity index (χ3n) is 3.85. The lowest BCUT2D eigenvalue weighted by molar-refractivity contribution is -0.0814. The molecule has 2 aliphatic carbocycles. The summed E-state index contributed by atoms with van der Waals surface area (Å²) in [5.41, 5.74) is 5.68. The van der Waals surface area contributed by atoms with Gasteiger partial charge in [0.25, 0.3) is 5.92 Å². The number of hydrogen-bond donors (Lipinski definition) is 2. The van der Waals surface area contributed by atoms with E-state index in [1.807, 2.05) is 0 Å². The molecule has 98 valence electrons. The smallest absolute Gasteiger partial charge is 0.252 e. The predicted molar refractivity (Wildman–Crippen MR) is 64.2 cm³/mol. The van der Waals surface area contributed by atoms with Gasteiger partial charge in [-0.15, -0.1) is 0 Å². The number of hydrogen-bond acceptors (Lipinski definition) is 1. The van der Waals surface area contributed by atoms with E-state index < -0.39 is 11.8 Å². The van der Waals surface area contributed by atoms with E-state index in [4.69, 9.17) is 5.73 Å². The van der Waals surface area contributed by atoms with Crippen molar-refractivity contribution in [1.82, 2.24) is 5.32 Å². The van der Waals surface area contributed by atoms with Crippen molar-refractivity contribution in [3.63, 3.8) is 0 Å². The van der Waals surface area contributed by atoms with E-state index in [9.17, 15) is 8.78 Å². The molecule has 1 unspecified atom stereocenters. The molecule has 1 atom stereocenters. The molecule has 0 amide bonds. The molecule has 0 aromatic carbocycles. The van der Waals surface area contributed by atoms with E-state index in [-0.39, 0.29) is 13.0 Å². The molecule has 2 saturated carbocycles. The van der Waals surface area contributed by atoms with Crippen LogP contribution in [0.25, 0.3) is 0 Å². The molecular weight excluding hydrogens is 224 g/mol. The van der Waals surface area contributed by atoms with Gasteiger partial charge in [0.05, 0.1) is 6.54 Å². The molecule has 17 heavy (non-hydrogen) atoms. The second-order valence-corrected chi connectivity index (χ2v) is 5.20. The molecule has 2 aliphatic rings. The van der Waals surface area contributed by atoms with Crippen LogP contribution in [0.1, 0.15) is 44.9 Å². The molecule has 2 fully saturated rings. The van der Waals surface area contributed by atoms with E-state index >= 15 is 0 Å². The molecule has 0 radical (unpaired) electrons. The summed E-state index contributed by atoms with van der Waals surface area (Å²) in [6.07, 6.45) is 5.50. The molecule has 3 nitrogen and oxygen atoms in total. The van der Waals surface area contributed by atoms with E-state index in [0.29, 0.717) is 24.8 Å². The minimum Gasteiger partial charge on any atom is -0.370 e. The number of guanidine groups is 1. The zero-order chi connectivity index (χ0) is 12.3. The van der Waals surface area contributed by atoms with Gasteiger partial charge in [0.2, 0.25) is 0 Å². The zero-order valence-corrected chi connectivity index (χ0v) is 10.1. The molecule has 5 heteroatoms. The highest BCUT2D eigenvalue weighted by Gasteiger charge is 2.41. The van der Waals surface area contributed by atoms with Crippen LogP contribution < -0.4 is 11.1 Å². The Morgan fingerprint density at radius 1 is 1.24 bits per heavy atom. The van der Waals surface area contributed by atoms with Gasteiger partial charge in [-0.3, -0.25) is 4.99 Å². The second kappa shape index (κ2) is 5.19. The van der Waals surface area contributed by atoms with Crippen LogP contribution in [0.3, 0.4) is 0 Å². The first-order valence-electron chi connectivity index (χ1n) is 6.52. The van der Waals surface area contributed by atoms with E-state index in [1.54, 1.807) is 0 Å². The summed E-state index contributed by atoms with van der Waals surface area (Å²) >= 11 is 0. The quantitative estimate of drug-likeness (QED) is 0.592. The van der Waals surface area contributed by atoms with E-state index in [1.165, 1.54) is 6.42 Å². The number of nitrogens with one attached hydrogen (secondary N) is 1. The van der Waals surface area contributed by atoms with Gasteiger partial charge in [-0.1, -0.05) is 6.42 Å². The van der Waals surface area contributed by atoms with Crippen molar-refractivity contribution in [2.24, 2.45) is 16.6 Å². The van der Waals surface area contributed by atoms with Crippen molar-refractivity contribution in [1.29, 1.82) is 0 Å². The van der Waals surface area contributed by atoms with Crippen LogP contribution in [-0.2, 0) is 0 Å². The maximum Gasteiger partial charge on any atom is 0.252 e. The zero-order valence-electron chi connectivity index (χ0n) is 10.1. The Labute approximate surface area is 101 Å². The van der Waals surface area contributed by atoms with Gasteiger partial charge < -0.3 is 11.1 Å². The van der Waals surface area contributed by atoms with Gasteiger partial charge >= 0.3 is 0 Å². The first-order valence-corrected chi connectivity index (χ1v) is 6.52. The van der Waals surface area contributed by atoms with Crippen molar-refractivity contribution >= 4 is 5.96 Å². The Bertz CT molecular complexity index is 287. The molecule has 0 aromatic heterocycles. The van der Waals surface area contributed by atoms with E-state index in [0.717, 1.165) is 19.3 Å². The largest absolute Gasteiger partial charge is 0.370 e. The van der Waals surface area contributed by atoms with Gasteiger partial charge in [-0.2, -0.15) is 0 Å². The number of halogens is 2. The summed E-state index contributed by atoms with van der Waals surface area (Å²) in [4.78, 5) is 4.07. The average molecular weight is 245 g/mol. The second-order valence-electron chi connectivity index (χ2n) is 5.20. The topological polar surface area (TPSA) is 50.4 Å². The minimum atomic E-state index is -2.56. The molecule has 2 rings (SSSR count). The van der Waals surface area contributed by atoms with Crippen molar-refractivity contribution in [3.05, 3.63) is 0 Å². The van der Waals surface area contributed by atoms with Crippen molar-refractivity contribution in [2.75, 3.05) is 6.54 Å². The fourth-order valence-electron chi connectivity index (χ4n) is 2.41. The van der Waals surface area contributed by atoms with Crippen LogP contribution in [0.4, 0.5) is 8.78 Å². The van der Waals surface area contributed by atoms with Crippen LogP contribution in [-0.4, -0.2) is 24.5 Å². The molecule has 0 heterocycles. The highest BCUT2D eigenvalue weighted by Crippen LogP contribution is 2.38. The summed E-state index contributed by atoms with van der Waals surface area (Å²) < 4.78 is 27.1. The van der Waals surface area contributed by atoms with Crippen LogP contribution >= 0.6 is 0 Å². The van der Waals surface area contributed by atoms with Crippen molar-refractivity contribution < 1.29 is 8.78 Å². The molecule has 0 saturated heterocycles. The highest BCUT2D eigenvalue weighted by atomic mass is 19.3. The molecule has 3 N–H and O–H groups in total. The normalized spacial score (nSPS) is 29.8. The summed E-state index contributed by atoms with van der Waals surface area (Å²) in [6, 6.07) is 0.408. The summed E-state index contributed by atoms with van der Waals surface area (Å²) in [5.74, 6) is -2.85. The lowest BCUT2D eigenvalue weighted by atomic mass is 9.85. The molecule has 0 aliphatic heterocycles. The average Bonchev–Trinajstić information content (AvgIpc) is 2.21. The number of rotatable bonds is 3. The molecule has 0 bridgehead atoms. The Balaban J connectivity index is 1.80. The third kappa shape index (κ3) is 3.30. The van der Waals surface area contributed by atoms with Gasteiger partial charge in [0, 0.05) is 18.4 Å². The van der Waals surface area contributed by atoms with Crippen LogP contribution in [0.2, 0.25) is 0 Å². The summed E-state index contributed by atoms with van der Waals surface area (Å²) in [7, 11) is 0. The van der Waals surface area contributed by atoms with Crippen LogP contribution in [0, 0.1) is 5.92 Å². The predicted octanol–water partition coefficient (Wildman–Crippen LogP) is 2.27. The SMILES string of the molecule is NC(=NCC1CCCCC1(F)F)NC1CCC1. The van der Waals surface area contributed by atoms with Gasteiger partial charge in [-0.05, 0) is 32.1 Å². The standard InChI is InChI=1S/C12H21F2N3/c13-12(14)7-2-1-4-9(12)8-16-11(15)17-10-5-3-6-10/h9-10H,1-8H2,(H3,15,16,17). The number of nitrogens with two attached hydrogens (primary N) is 1. The van der Waals surface area contributed by atoms with Crippen molar-refractivity contribution in [3.8, 4) is 0 Å². The first-order chi connectivity index (χ1) is 8.08. The number of alkyl halides is 2.